The summed E-state index contributed by atoms with van der Waals surface area (Å²) in [6.07, 6.45) is 2.75. The van der Waals surface area contributed by atoms with Crippen LogP contribution in [0.5, 0.6) is 0 Å². The third kappa shape index (κ3) is 3.43. The second-order valence-electron chi connectivity index (χ2n) is 6.09. The highest BCUT2D eigenvalue weighted by atomic mass is 16.4. The molecule has 0 spiro atoms. The first kappa shape index (κ1) is 15.5. The Balaban J connectivity index is 2.13. The fourth-order valence-electron chi connectivity index (χ4n) is 3.21. The molecule has 1 fully saturated rings. The Labute approximate surface area is 125 Å². The zero-order valence-corrected chi connectivity index (χ0v) is 12.9. The van der Waals surface area contributed by atoms with E-state index in [1.807, 2.05) is 26.0 Å². The normalized spacial score (nSPS) is 21.9. The van der Waals surface area contributed by atoms with Crippen molar-refractivity contribution in [3.63, 3.8) is 0 Å². The molecule has 1 aromatic rings. The lowest BCUT2D eigenvalue weighted by Crippen LogP contribution is -2.37. The average Bonchev–Trinajstić information content (AvgIpc) is 2.46. The first-order valence-corrected chi connectivity index (χ1v) is 7.47. The predicted octanol–water partition coefficient (Wildman–Crippen LogP) is 3.16. The molecule has 2 rings (SSSR count). The summed E-state index contributed by atoms with van der Waals surface area (Å²) in [7, 11) is 1.78. The van der Waals surface area contributed by atoms with Crippen LogP contribution < -0.4 is 4.90 Å². The van der Waals surface area contributed by atoms with E-state index in [2.05, 4.69) is 6.07 Å². The highest BCUT2D eigenvalue weighted by Crippen LogP contribution is 2.32. The third-order valence-electron chi connectivity index (χ3n) is 4.42. The number of amides is 1. The molecule has 0 aromatic heterocycles. The van der Waals surface area contributed by atoms with E-state index in [9.17, 15) is 9.59 Å². The first-order chi connectivity index (χ1) is 9.90. The molecular weight excluding hydrogens is 266 g/mol. The van der Waals surface area contributed by atoms with E-state index < -0.39 is 5.97 Å². The Hall–Kier alpha value is -1.84. The van der Waals surface area contributed by atoms with Crippen LogP contribution in [0.3, 0.4) is 0 Å². The van der Waals surface area contributed by atoms with Gasteiger partial charge in [0.05, 0.1) is 5.92 Å². The van der Waals surface area contributed by atoms with Gasteiger partial charge < -0.3 is 10.0 Å². The van der Waals surface area contributed by atoms with Crippen LogP contribution in [0.1, 0.15) is 36.8 Å². The maximum absolute atomic E-state index is 12.6. The minimum absolute atomic E-state index is 0.0351. The SMILES string of the molecule is Cc1ccc(N(C)C(=O)C2CCCC(C(=O)O)C2)c(C)c1. The van der Waals surface area contributed by atoms with Crippen LogP contribution >= 0.6 is 0 Å². The molecule has 0 bridgehead atoms. The van der Waals surface area contributed by atoms with Crippen molar-refractivity contribution >= 4 is 17.6 Å². The van der Waals surface area contributed by atoms with E-state index in [0.29, 0.717) is 12.8 Å². The summed E-state index contributed by atoms with van der Waals surface area (Å²) in [6, 6.07) is 6.01. The van der Waals surface area contributed by atoms with Gasteiger partial charge in [-0.15, -0.1) is 0 Å². The summed E-state index contributed by atoms with van der Waals surface area (Å²) in [5, 5.41) is 9.14. The Morgan fingerprint density at radius 2 is 1.86 bits per heavy atom. The van der Waals surface area contributed by atoms with Gasteiger partial charge in [-0.2, -0.15) is 0 Å². The smallest absolute Gasteiger partial charge is 0.306 e. The number of rotatable bonds is 3. The standard InChI is InChI=1S/C17H23NO3/c1-11-7-8-15(12(2)9-11)18(3)16(19)13-5-4-6-14(10-13)17(20)21/h7-9,13-14H,4-6,10H2,1-3H3,(H,20,21). The number of carbonyl (C=O) groups excluding carboxylic acids is 1. The summed E-state index contributed by atoms with van der Waals surface area (Å²) in [4.78, 5) is 25.5. The fourth-order valence-corrected chi connectivity index (χ4v) is 3.21. The molecule has 1 aromatic carbocycles. The number of benzene rings is 1. The van der Waals surface area contributed by atoms with Crippen LogP contribution in [-0.4, -0.2) is 24.0 Å². The summed E-state index contributed by atoms with van der Waals surface area (Å²) in [5.41, 5.74) is 3.14. The van der Waals surface area contributed by atoms with Gasteiger partial charge in [0.2, 0.25) is 5.91 Å². The van der Waals surface area contributed by atoms with Crippen LogP contribution in [0.4, 0.5) is 5.69 Å². The van der Waals surface area contributed by atoms with Crippen molar-refractivity contribution in [1.82, 2.24) is 0 Å². The molecule has 1 aliphatic rings. The quantitative estimate of drug-likeness (QED) is 0.930. The Kier molecular flexibility index (Phi) is 4.66. The lowest BCUT2D eigenvalue weighted by Gasteiger charge is -2.30. The van der Waals surface area contributed by atoms with Gasteiger partial charge in [0, 0.05) is 18.7 Å². The molecule has 21 heavy (non-hydrogen) atoms. The average molecular weight is 289 g/mol. The highest BCUT2D eigenvalue weighted by Gasteiger charge is 2.32. The molecule has 0 heterocycles. The summed E-state index contributed by atoms with van der Waals surface area (Å²) < 4.78 is 0. The Morgan fingerprint density at radius 1 is 1.19 bits per heavy atom. The topological polar surface area (TPSA) is 57.6 Å². The van der Waals surface area contributed by atoms with E-state index in [0.717, 1.165) is 24.1 Å². The number of carbonyl (C=O) groups is 2. The lowest BCUT2D eigenvalue weighted by atomic mass is 9.80. The van der Waals surface area contributed by atoms with Crippen LogP contribution in [-0.2, 0) is 9.59 Å². The van der Waals surface area contributed by atoms with E-state index in [-0.39, 0.29) is 17.7 Å². The Morgan fingerprint density at radius 3 is 2.48 bits per heavy atom. The van der Waals surface area contributed by atoms with Gasteiger partial charge in [0.15, 0.2) is 0 Å². The molecule has 0 aliphatic heterocycles. The van der Waals surface area contributed by atoms with Gasteiger partial charge >= 0.3 is 5.97 Å². The van der Waals surface area contributed by atoms with Crippen molar-refractivity contribution in [3.05, 3.63) is 29.3 Å². The molecule has 4 heteroatoms. The van der Waals surface area contributed by atoms with Crippen LogP contribution in [0.2, 0.25) is 0 Å². The molecule has 0 radical (unpaired) electrons. The monoisotopic (exact) mass is 289 g/mol. The Bertz CT molecular complexity index is 553. The number of anilines is 1. The molecule has 0 saturated heterocycles. The van der Waals surface area contributed by atoms with E-state index >= 15 is 0 Å². The van der Waals surface area contributed by atoms with Crippen molar-refractivity contribution in [3.8, 4) is 0 Å². The molecule has 1 N–H and O–H groups in total. The molecule has 1 saturated carbocycles. The molecule has 1 amide bonds. The molecule has 114 valence electrons. The van der Waals surface area contributed by atoms with Gasteiger partial charge in [-0.25, -0.2) is 0 Å². The molecule has 2 unspecified atom stereocenters. The van der Waals surface area contributed by atoms with Gasteiger partial charge in [-0.3, -0.25) is 9.59 Å². The number of carboxylic acid groups (broad SMARTS) is 1. The third-order valence-corrected chi connectivity index (χ3v) is 4.42. The van der Waals surface area contributed by atoms with Crippen molar-refractivity contribution in [1.29, 1.82) is 0 Å². The highest BCUT2D eigenvalue weighted by molar-refractivity contribution is 5.95. The largest absolute Gasteiger partial charge is 0.481 e. The van der Waals surface area contributed by atoms with Gasteiger partial charge in [-0.05, 0) is 44.7 Å². The number of carboxylic acids is 1. The maximum Gasteiger partial charge on any atom is 0.306 e. The summed E-state index contributed by atoms with van der Waals surface area (Å²) in [5.74, 6) is -1.29. The number of nitrogens with zero attached hydrogens (tertiary/aromatic N) is 1. The van der Waals surface area contributed by atoms with E-state index in [1.165, 1.54) is 5.56 Å². The zero-order chi connectivity index (χ0) is 15.6. The van der Waals surface area contributed by atoms with Gasteiger partial charge in [-0.1, -0.05) is 24.1 Å². The van der Waals surface area contributed by atoms with Crippen molar-refractivity contribution in [2.75, 3.05) is 11.9 Å². The van der Waals surface area contributed by atoms with Crippen molar-refractivity contribution < 1.29 is 14.7 Å². The van der Waals surface area contributed by atoms with Crippen LogP contribution in [0, 0.1) is 25.7 Å². The molecule has 2 atom stereocenters. The minimum Gasteiger partial charge on any atom is -0.481 e. The first-order valence-electron chi connectivity index (χ1n) is 7.47. The fraction of sp³-hybridized carbons (Fsp3) is 0.529. The van der Waals surface area contributed by atoms with E-state index in [1.54, 1.807) is 11.9 Å². The van der Waals surface area contributed by atoms with Gasteiger partial charge in [0.1, 0.15) is 0 Å². The van der Waals surface area contributed by atoms with E-state index in [4.69, 9.17) is 5.11 Å². The van der Waals surface area contributed by atoms with Crippen molar-refractivity contribution in [2.24, 2.45) is 11.8 Å². The molecule has 1 aliphatic carbocycles. The molecular formula is C17H23NO3. The minimum atomic E-state index is -0.776. The summed E-state index contributed by atoms with van der Waals surface area (Å²) >= 11 is 0. The number of aryl methyl sites for hydroxylation is 2. The lowest BCUT2D eigenvalue weighted by molar-refractivity contribution is -0.143. The number of hydrogen-bond acceptors (Lipinski definition) is 2. The molecule has 4 nitrogen and oxygen atoms in total. The second-order valence-corrected chi connectivity index (χ2v) is 6.09. The number of hydrogen-bond donors (Lipinski definition) is 1. The van der Waals surface area contributed by atoms with Crippen LogP contribution in [0.25, 0.3) is 0 Å². The zero-order valence-electron chi connectivity index (χ0n) is 12.9. The van der Waals surface area contributed by atoms with Crippen LogP contribution in [0.15, 0.2) is 18.2 Å². The predicted molar refractivity (Wildman–Crippen MR) is 82.4 cm³/mol. The summed E-state index contributed by atoms with van der Waals surface area (Å²) in [6.45, 7) is 4.02. The second kappa shape index (κ2) is 6.29. The van der Waals surface area contributed by atoms with Crippen molar-refractivity contribution in [2.45, 2.75) is 39.5 Å². The van der Waals surface area contributed by atoms with Gasteiger partial charge in [0.25, 0.3) is 0 Å². The maximum atomic E-state index is 12.6. The number of aliphatic carboxylic acids is 1.